The Morgan fingerprint density at radius 2 is 1.86 bits per heavy atom. The van der Waals surface area contributed by atoms with Crippen LogP contribution in [0.4, 0.5) is 5.69 Å². The molecule has 0 aromatic heterocycles. The number of halogens is 2. The van der Waals surface area contributed by atoms with E-state index in [1.165, 1.54) is 0 Å². The van der Waals surface area contributed by atoms with Crippen molar-refractivity contribution < 1.29 is 14.3 Å². The van der Waals surface area contributed by atoms with Crippen molar-refractivity contribution in [3.8, 4) is 5.75 Å². The Hall–Kier alpha value is -2.24. The number of rotatable bonds is 5. The van der Waals surface area contributed by atoms with Crippen molar-refractivity contribution in [3.63, 3.8) is 0 Å². The summed E-state index contributed by atoms with van der Waals surface area (Å²) in [6.07, 6.45) is 1.99. The smallest absolute Gasteiger partial charge is 0.262 e. The summed E-state index contributed by atoms with van der Waals surface area (Å²) in [4.78, 5) is 27.0. The van der Waals surface area contributed by atoms with Gasteiger partial charge in [-0.25, -0.2) is 0 Å². The number of nitrogens with zero attached hydrogens (tertiary/aromatic N) is 1. The number of amides is 2. The third kappa shape index (κ3) is 5.18. The van der Waals surface area contributed by atoms with Crippen molar-refractivity contribution in [2.45, 2.75) is 19.8 Å². The van der Waals surface area contributed by atoms with Crippen LogP contribution in [0.5, 0.6) is 5.75 Å². The average Bonchev–Trinajstić information content (AvgIpc) is 2.68. The number of ether oxygens (including phenoxy) is 1. The van der Waals surface area contributed by atoms with Crippen LogP contribution in [0, 0.1) is 5.92 Å². The Kier molecular flexibility index (Phi) is 6.81. The van der Waals surface area contributed by atoms with Crippen molar-refractivity contribution in [2.75, 3.05) is 25.0 Å². The van der Waals surface area contributed by atoms with Gasteiger partial charge in [-0.2, -0.15) is 0 Å². The molecule has 28 heavy (non-hydrogen) atoms. The molecule has 1 fully saturated rings. The molecule has 0 unspecified atom stereocenters. The number of anilines is 1. The average molecular weight is 421 g/mol. The molecule has 0 bridgehead atoms. The molecule has 1 N–H and O–H groups in total. The molecule has 0 atom stereocenters. The van der Waals surface area contributed by atoms with Gasteiger partial charge in [-0.15, -0.1) is 0 Å². The third-order valence-corrected chi connectivity index (χ3v) is 5.29. The van der Waals surface area contributed by atoms with E-state index in [1.54, 1.807) is 42.5 Å². The fourth-order valence-electron chi connectivity index (χ4n) is 3.08. The lowest BCUT2D eigenvalue weighted by molar-refractivity contribution is -0.118. The zero-order valence-corrected chi connectivity index (χ0v) is 17.1. The van der Waals surface area contributed by atoms with Gasteiger partial charge in [0.2, 0.25) is 0 Å². The highest BCUT2D eigenvalue weighted by Gasteiger charge is 2.23. The molecule has 0 radical (unpaired) electrons. The van der Waals surface area contributed by atoms with E-state index in [9.17, 15) is 9.59 Å². The summed E-state index contributed by atoms with van der Waals surface area (Å²) in [5, 5.41) is 3.58. The summed E-state index contributed by atoms with van der Waals surface area (Å²) >= 11 is 11.9. The Morgan fingerprint density at radius 1 is 1.14 bits per heavy atom. The molecule has 3 rings (SSSR count). The molecule has 0 aliphatic carbocycles. The third-order valence-electron chi connectivity index (χ3n) is 4.76. The van der Waals surface area contributed by atoms with Crippen LogP contribution in [0.1, 0.15) is 30.1 Å². The minimum Gasteiger partial charge on any atom is -0.482 e. The number of hydrogen-bond donors (Lipinski definition) is 1. The van der Waals surface area contributed by atoms with E-state index >= 15 is 0 Å². The van der Waals surface area contributed by atoms with Crippen LogP contribution in [0.3, 0.4) is 0 Å². The minimum atomic E-state index is -0.376. The van der Waals surface area contributed by atoms with Crippen molar-refractivity contribution in [3.05, 3.63) is 58.1 Å². The molecular weight excluding hydrogens is 399 g/mol. The Labute approximate surface area is 174 Å². The molecule has 2 amide bonds. The van der Waals surface area contributed by atoms with Crippen molar-refractivity contribution in [1.82, 2.24) is 4.90 Å². The molecule has 1 heterocycles. The predicted octanol–water partition coefficient (Wildman–Crippen LogP) is 4.88. The minimum absolute atomic E-state index is 0.0653. The van der Waals surface area contributed by atoms with Gasteiger partial charge in [0, 0.05) is 18.1 Å². The number of para-hydroxylation sites is 1. The van der Waals surface area contributed by atoms with Gasteiger partial charge < -0.3 is 15.0 Å². The summed E-state index contributed by atoms with van der Waals surface area (Å²) in [5.74, 6) is 0.562. The Morgan fingerprint density at radius 3 is 2.57 bits per heavy atom. The SMILES string of the molecule is CC1CCN(C(=O)c2ccccc2NC(=O)COc2ccc(Cl)cc2Cl)CC1. The second-order valence-corrected chi connectivity index (χ2v) is 7.78. The van der Waals surface area contributed by atoms with Gasteiger partial charge in [-0.3, -0.25) is 9.59 Å². The first-order valence-corrected chi connectivity index (χ1v) is 9.95. The van der Waals surface area contributed by atoms with Gasteiger partial charge in [-0.05, 0) is 49.1 Å². The van der Waals surface area contributed by atoms with Gasteiger partial charge >= 0.3 is 0 Å². The van der Waals surface area contributed by atoms with Gasteiger partial charge in [-0.1, -0.05) is 42.3 Å². The van der Waals surface area contributed by atoms with Crippen molar-refractivity contribution >= 4 is 40.7 Å². The molecule has 7 heteroatoms. The van der Waals surface area contributed by atoms with Crippen molar-refractivity contribution in [2.24, 2.45) is 5.92 Å². The van der Waals surface area contributed by atoms with E-state index in [0.29, 0.717) is 33.0 Å². The normalized spacial score (nSPS) is 14.6. The standard InChI is InChI=1S/C21H22Cl2N2O3/c1-14-8-10-25(11-9-14)21(27)16-4-2-3-5-18(16)24-20(26)13-28-19-7-6-15(22)12-17(19)23/h2-7,12,14H,8-11,13H2,1H3,(H,24,26). The monoisotopic (exact) mass is 420 g/mol. The van der Waals surface area contributed by atoms with E-state index in [-0.39, 0.29) is 18.4 Å². The number of hydrogen-bond acceptors (Lipinski definition) is 3. The van der Waals surface area contributed by atoms with E-state index < -0.39 is 0 Å². The zero-order chi connectivity index (χ0) is 20.1. The van der Waals surface area contributed by atoms with Crippen LogP contribution in [-0.2, 0) is 4.79 Å². The second-order valence-electron chi connectivity index (χ2n) is 6.93. The zero-order valence-electron chi connectivity index (χ0n) is 15.6. The summed E-state index contributed by atoms with van der Waals surface area (Å²) in [5.41, 5.74) is 0.955. The van der Waals surface area contributed by atoms with E-state index in [2.05, 4.69) is 12.2 Å². The van der Waals surface area contributed by atoms with Crippen LogP contribution in [0.25, 0.3) is 0 Å². The maximum atomic E-state index is 12.9. The molecule has 2 aromatic carbocycles. The first-order valence-electron chi connectivity index (χ1n) is 9.20. The van der Waals surface area contributed by atoms with Crippen LogP contribution in [0.2, 0.25) is 10.0 Å². The molecule has 5 nitrogen and oxygen atoms in total. The largest absolute Gasteiger partial charge is 0.482 e. The van der Waals surface area contributed by atoms with Crippen molar-refractivity contribution in [1.29, 1.82) is 0 Å². The molecular formula is C21H22Cl2N2O3. The quantitative estimate of drug-likeness (QED) is 0.749. The molecule has 0 spiro atoms. The lowest BCUT2D eigenvalue weighted by Crippen LogP contribution is -2.38. The summed E-state index contributed by atoms with van der Waals surface area (Å²) in [6, 6.07) is 11.8. The number of piperidine rings is 1. The molecule has 1 aliphatic heterocycles. The van der Waals surface area contributed by atoms with E-state index in [1.807, 2.05) is 4.90 Å². The van der Waals surface area contributed by atoms with E-state index in [4.69, 9.17) is 27.9 Å². The Balaban J connectivity index is 1.64. The summed E-state index contributed by atoms with van der Waals surface area (Å²) in [7, 11) is 0. The topological polar surface area (TPSA) is 58.6 Å². The van der Waals surface area contributed by atoms with Gasteiger partial charge in [0.1, 0.15) is 5.75 Å². The number of carbonyl (C=O) groups is 2. The number of nitrogens with one attached hydrogen (secondary N) is 1. The number of likely N-dealkylation sites (tertiary alicyclic amines) is 1. The van der Waals surface area contributed by atoms with Crippen LogP contribution < -0.4 is 10.1 Å². The molecule has 0 saturated carbocycles. The highest BCUT2D eigenvalue weighted by Crippen LogP contribution is 2.27. The van der Waals surface area contributed by atoms with Crippen LogP contribution in [-0.4, -0.2) is 36.4 Å². The van der Waals surface area contributed by atoms with Crippen LogP contribution >= 0.6 is 23.2 Å². The van der Waals surface area contributed by atoms with E-state index in [0.717, 1.165) is 25.9 Å². The summed E-state index contributed by atoms with van der Waals surface area (Å²) < 4.78 is 5.46. The van der Waals surface area contributed by atoms with Gasteiger partial charge in [0.15, 0.2) is 6.61 Å². The summed E-state index contributed by atoms with van der Waals surface area (Å²) in [6.45, 7) is 3.44. The fourth-order valence-corrected chi connectivity index (χ4v) is 3.55. The molecule has 148 valence electrons. The fraction of sp³-hybridized carbons (Fsp3) is 0.333. The lowest BCUT2D eigenvalue weighted by atomic mass is 9.98. The number of benzene rings is 2. The highest BCUT2D eigenvalue weighted by atomic mass is 35.5. The van der Waals surface area contributed by atoms with Gasteiger partial charge in [0.25, 0.3) is 11.8 Å². The lowest BCUT2D eigenvalue weighted by Gasteiger charge is -2.30. The molecule has 1 aliphatic rings. The first kappa shape index (κ1) is 20.5. The van der Waals surface area contributed by atoms with Crippen LogP contribution in [0.15, 0.2) is 42.5 Å². The second kappa shape index (κ2) is 9.30. The molecule has 1 saturated heterocycles. The maximum absolute atomic E-state index is 12.9. The predicted molar refractivity (Wildman–Crippen MR) is 111 cm³/mol. The highest BCUT2D eigenvalue weighted by molar-refractivity contribution is 6.35. The first-order chi connectivity index (χ1) is 13.4. The van der Waals surface area contributed by atoms with Gasteiger partial charge in [0.05, 0.1) is 16.3 Å². The Bertz CT molecular complexity index is 864. The number of carbonyl (C=O) groups excluding carboxylic acids is 2. The maximum Gasteiger partial charge on any atom is 0.262 e. The molecule has 2 aromatic rings.